The lowest BCUT2D eigenvalue weighted by atomic mass is 9.96. The van der Waals surface area contributed by atoms with Gasteiger partial charge in [0.15, 0.2) is 0 Å². The first-order chi connectivity index (χ1) is 7.89. The Morgan fingerprint density at radius 2 is 1.06 bits per heavy atom. The molecule has 0 heteroatoms. The zero-order valence-corrected chi connectivity index (χ0v) is 11.2. The average molecular weight is 222 g/mol. The van der Waals surface area contributed by atoms with Crippen LogP contribution in [0, 0.1) is 5.92 Å². The first-order valence-corrected chi connectivity index (χ1v) is 7.54. The maximum Gasteiger partial charge on any atom is -0.0351 e. The van der Waals surface area contributed by atoms with E-state index >= 15 is 0 Å². The van der Waals surface area contributed by atoms with Crippen LogP contribution in [0.5, 0.6) is 0 Å². The molecular formula is C16H30. The zero-order chi connectivity index (χ0) is 11.5. The molecule has 0 amide bonds. The summed E-state index contributed by atoms with van der Waals surface area (Å²) in [5.74, 6) is 0.975. The molecule has 0 nitrogen and oxygen atoms in total. The van der Waals surface area contributed by atoms with E-state index in [0.717, 1.165) is 5.92 Å². The van der Waals surface area contributed by atoms with Crippen LogP contribution in [0.3, 0.4) is 0 Å². The van der Waals surface area contributed by atoms with Gasteiger partial charge in [-0.05, 0) is 31.6 Å². The summed E-state index contributed by atoms with van der Waals surface area (Å²) < 4.78 is 0. The molecule has 0 aromatic rings. The predicted octanol–water partition coefficient (Wildman–Crippen LogP) is 5.87. The highest BCUT2D eigenvalue weighted by molar-refractivity contribution is 4.81. The van der Waals surface area contributed by atoms with E-state index < -0.39 is 0 Å². The van der Waals surface area contributed by atoms with Gasteiger partial charge in [-0.25, -0.2) is 0 Å². The third kappa shape index (κ3) is 7.96. The van der Waals surface area contributed by atoms with Gasteiger partial charge < -0.3 is 0 Å². The minimum atomic E-state index is 0.975. The van der Waals surface area contributed by atoms with Crippen molar-refractivity contribution in [1.82, 2.24) is 0 Å². The smallest absolute Gasteiger partial charge is 0.0351 e. The highest BCUT2D eigenvalue weighted by Gasteiger charge is 2.02. The molecule has 16 heavy (non-hydrogen) atoms. The molecule has 0 atom stereocenters. The van der Waals surface area contributed by atoms with Gasteiger partial charge >= 0.3 is 0 Å². The van der Waals surface area contributed by atoms with Gasteiger partial charge in [-0.2, -0.15) is 0 Å². The maximum absolute atomic E-state index is 2.44. The standard InChI is InChI=1S/C16H30/c1-16-14-12-10-8-6-4-2-3-5-7-9-11-13-15-16/h2-3,16H,4-15H2,1H3/b3-2+. The van der Waals surface area contributed by atoms with E-state index in [4.69, 9.17) is 0 Å². The molecule has 0 saturated carbocycles. The van der Waals surface area contributed by atoms with Gasteiger partial charge in [-0.15, -0.1) is 0 Å². The molecule has 0 radical (unpaired) electrons. The van der Waals surface area contributed by atoms with Crippen molar-refractivity contribution >= 4 is 0 Å². The van der Waals surface area contributed by atoms with Gasteiger partial charge in [-0.1, -0.05) is 70.4 Å². The fraction of sp³-hybridized carbons (Fsp3) is 0.875. The molecule has 0 aromatic heterocycles. The van der Waals surface area contributed by atoms with Crippen molar-refractivity contribution in [2.24, 2.45) is 5.92 Å². The summed E-state index contributed by atoms with van der Waals surface area (Å²) in [6.45, 7) is 2.44. The van der Waals surface area contributed by atoms with Crippen LogP contribution in [0.2, 0.25) is 0 Å². The molecule has 0 spiro atoms. The quantitative estimate of drug-likeness (QED) is 0.449. The average Bonchev–Trinajstić information content (AvgIpc) is 2.29. The van der Waals surface area contributed by atoms with Crippen molar-refractivity contribution in [1.29, 1.82) is 0 Å². The van der Waals surface area contributed by atoms with Gasteiger partial charge in [0.2, 0.25) is 0 Å². The molecule has 0 saturated heterocycles. The number of rotatable bonds is 0. The van der Waals surface area contributed by atoms with Gasteiger partial charge in [0, 0.05) is 0 Å². The van der Waals surface area contributed by atoms with Crippen molar-refractivity contribution in [3.63, 3.8) is 0 Å². The lowest BCUT2D eigenvalue weighted by Crippen LogP contribution is -1.95. The summed E-state index contributed by atoms with van der Waals surface area (Å²) in [7, 11) is 0. The minimum absolute atomic E-state index is 0.975. The van der Waals surface area contributed by atoms with Gasteiger partial charge in [-0.3, -0.25) is 0 Å². The van der Waals surface area contributed by atoms with Gasteiger partial charge in [0.1, 0.15) is 0 Å². The second-order valence-corrected chi connectivity index (χ2v) is 5.56. The lowest BCUT2D eigenvalue weighted by Gasteiger charge is -2.10. The number of allylic oxidation sites excluding steroid dienone is 2. The minimum Gasteiger partial charge on any atom is -0.0885 e. The Morgan fingerprint density at radius 3 is 1.56 bits per heavy atom. The second-order valence-electron chi connectivity index (χ2n) is 5.56. The van der Waals surface area contributed by atoms with Crippen LogP contribution in [0.15, 0.2) is 12.2 Å². The molecule has 0 N–H and O–H groups in total. The molecule has 1 aliphatic carbocycles. The maximum atomic E-state index is 2.44. The molecular weight excluding hydrogens is 192 g/mol. The number of hydrogen-bond donors (Lipinski definition) is 0. The van der Waals surface area contributed by atoms with Crippen LogP contribution < -0.4 is 0 Å². The van der Waals surface area contributed by atoms with E-state index in [1.54, 1.807) is 0 Å². The lowest BCUT2D eigenvalue weighted by molar-refractivity contribution is 0.435. The fourth-order valence-electron chi connectivity index (χ4n) is 2.60. The normalized spacial score (nSPS) is 25.6. The summed E-state index contributed by atoms with van der Waals surface area (Å²) in [6, 6.07) is 0. The summed E-state index contributed by atoms with van der Waals surface area (Å²) in [4.78, 5) is 0. The van der Waals surface area contributed by atoms with E-state index in [-0.39, 0.29) is 0 Å². The molecule has 0 unspecified atom stereocenters. The van der Waals surface area contributed by atoms with Crippen LogP contribution in [-0.4, -0.2) is 0 Å². The molecule has 0 heterocycles. The first kappa shape index (κ1) is 13.8. The van der Waals surface area contributed by atoms with E-state index in [1.165, 1.54) is 77.0 Å². The van der Waals surface area contributed by atoms with E-state index in [1.807, 2.05) is 0 Å². The molecule has 94 valence electrons. The first-order valence-electron chi connectivity index (χ1n) is 7.54. The SMILES string of the molecule is CC1CCCCCC/C=C/CCCCCC1. The fourth-order valence-corrected chi connectivity index (χ4v) is 2.60. The van der Waals surface area contributed by atoms with Crippen LogP contribution >= 0.6 is 0 Å². The Hall–Kier alpha value is -0.260. The Kier molecular flexibility index (Phi) is 8.57. The summed E-state index contributed by atoms with van der Waals surface area (Å²) in [5.41, 5.74) is 0. The summed E-state index contributed by atoms with van der Waals surface area (Å²) >= 11 is 0. The Balaban J connectivity index is 2.16. The molecule has 1 rings (SSSR count). The summed E-state index contributed by atoms with van der Waals surface area (Å²) in [6.07, 6.45) is 21.9. The monoisotopic (exact) mass is 222 g/mol. The zero-order valence-electron chi connectivity index (χ0n) is 11.2. The van der Waals surface area contributed by atoms with Crippen molar-refractivity contribution in [3.05, 3.63) is 12.2 Å². The molecule has 1 aliphatic rings. The van der Waals surface area contributed by atoms with Crippen molar-refractivity contribution in [3.8, 4) is 0 Å². The van der Waals surface area contributed by atoms with Crippen LogP contribution in [0.1, 0.15) is 84.0 Å². The molecule has 0 fully saturated rings. The highest BCUT2D eigenvalue weighted by Crippen LogP contribution is 2.18. The molecule has 0 bridgehead atoms. The van der Waals surface area contributed by atoms with Crippen LogP contribution in [0.4, 0.5) is 0 Å². The van der Waals surface area contributed by atoms with Crippen molar-refractivity contribution in [2.45, 2.75) is 84.0 Å². The third-order valence-corrected chi connectivity index (χ3v) is 3.80. The van der Waals surface area contributed by atoms with E-state index in [0.29, 0.717) is 0 Å². The largest absolute Gasteiger partial charge is 0.0885 e. The summed E-state index contributed by atoms with van der Waals surface area (Å²) in [5, 5.41) is 0. The predicted molar refractivity (Wildman–Crippen MR) is 73.7 cm³/mol. The third-order valence-electron chi connectivity index (χ3n) is 3.80. The Morgan fingerprint density at radius 1 is 0.625 bits per heavy atom. The van der Waals surface area contributed by atoms with Gasteiger partial charge in [0.25, 0.3) is 0 Å². The highest BCUT2D eigenvalue weighted by atomic mass is 14.1. The van der Waals surface area contributed by atoms with E-state index in [9.17, 15) is 0 Å². The Labute approximate surface area is 103 Å². The molecule has 0 aliphatic heterocycles. The second kappa shape index (κ2) is 9.93. The van der Waals surface area contributed by atoms with Crippen LogP contribution in [0.25, 0.3) is 0 Å². The molecule has 0 aromatic carbocycles. The Bertz CT molecular complexity index is 151. The van der Waals surface area contributed by atoms with Crippen molar-refractivity contribution in [2.75, 3.05) is 0 Å². The topological polar surface area (TPSA) is 0 Å². The van der Waals surface area contributed by atoms with E-state index in [2.05, 4.69) is 19.1 Å². The van der Waals surface area contributed by atoms with Gasteiger partial charge in [0.05, 0.1) is 0 Å². The number of hydrogen-bond acceptors (Lipinski definition) is 0. The van der Waals surface area contributed by atoms with Crippen LogP contribution in [-0.2, 0) is 0 Å². The van der Waals surface area contributed by atoms with Crippen molar-refractivity contribution < 1.29 is 0 Å².